The molecule has 6 heteroatoms. The topological polar surface area (TPSA) is 66.8 Å². The van der Waals surface area contributed by atoms with Gasteiger partial charge in [0.1, 0.15) is 11.6 Å². The molecule has 0 radical (unpaired) electrons. The third-order valence-electron chi connectivity index (χ3n) is 2.17. The summed E-state index contributed by atoms with van der Waals surface area (Å²) in [5, 5.41) is 8.88. The molecule has 1 heterocycles. The first-order valence-electron chi connectivity index (χ1n) is 5.04. The summed E-state index contributed by atoms with van der Waals surface area (Å²) in [6.07, 6.45) is 0.692. The van der Waals surface area contributed by atoms with Gasteiger partial charge in [0.25, 0.3) is 0 Å². The Hall–Kier alpha value is -0.910. The van der Waals surface area contributed by atoms with Gasteiger partial charge in [-0.25, -0.2) is 9.59 Å². The Kier molecular flexibility index (Phi) is 5.12. The van der Waals surface area contributed by atoms with Crippen LogP contribution in [0.3, 0.4) is 0 Å². The van der Waals surface area contributed by atoms with Crippen LogP contribution in [0.25, 0.3) is 0 Å². The van der Waals surface area contributed by atoms with E-state index in [1.165, 1.54) is 4.90 Å². The Labute approximate surface area is 102 Å². The summed E-state index contributed by atoms with van der Waals surface area (Å²) in [5.41, 5.74) is -0.581. The molecule has 16 heavy (non-hydrogen) atoms. The van der Waals surface area contributed by atoms with Crippen molar-refractivity contribution < 1.29 is 19.4 Å². The number of carboxylic acid groups (broad SMARTS) is 1. The maximum absolute atomic E-state index is 11.6. The lowest BCUT2D eigenvalue weighted by atomic mass is 10.2. The van der Waals surface area contributed by atoms with Crippen LogP contribution in [0.1, 0.15) is 33.6 Å². The van der Waals surface area contributed by atoms with E-state index in [-0.39, 0.29) is 13.5 Å². The van der Waals surface area contributed by atoms with Gasteiger partial charge in [-0.1, -0.05) is 0 Å². The predicted octanol–water partition coefficient (Wildman–Crippen LogP) is 1.58. The largest absolute Gasteiger partial charge is 0.480 e. The first-order chi connectivity index (χ1) is 6.81. The lowest BCUT2D eigenvalue weighted by Crippen LogP contribution is -2.43. The van der Waals surface area contributed by atoms with E-state index in [2.05, 4.69) is 0 Å². The van der Waals surface area contributed by atoms with E-state index < -0.39 is 23.7 Å². The Morgan fingerprint density at radius 1 is 1.38 bits per heavy atom. The average molecular weight is 249 g/mol. The highest BCUT2D eigenvalue weighted by Crippen LogP contribution is 2.20. The Bertz CT molecular complexity index is 274. The summed E-state index contributed by atoms with van der Waals surface area (Å²) in [4.78, 5) is 23.7. The van der Waals surface area contributed by atoms with Crippen LogP contribution in [0.15, 0.2) is 0 Å². The van der Waals surface area contributed by atoms with Crippen LogP contribution < -0.4 is 0 Å². The number of rotatable bonds is 1. The number of hydrogen-bond donors (Lipinski definition) is 1. The molecule has 94 valence electrons. The summed E-state index contributed by atoms with van der Waals surface area (Å²) in [7, 11) is 0. The molecule has 0 aromatic rings. The molecule has 0 spiro atoms. The molecule has 1 aliphatic heterocycles. The van der Waals surface area contributed by atoms with E-state index in [9.17, 15) is 9.59 Å². The highest BCUT2D eigenvalue weighted by molar-refractivity contribution is 7.59. The van der Waals surface area contributed by atoms with E-state index >= 15 is 0 Å². The lowest BCUT2D eigenvalue weighted by molar-refractivity contribution is -0.142. The van der Waals surface area contributed by atoms with Gasteiger partial charge in [0.15, 0.2) is 0 Å². The minimum Gasteiger partial charge on any atom is -0.480 e. The molecule has 5 nitrogen and oxygen atoms in total. The van der Waals surface area contributed by atoms with Gasteiger partial charge in [0.2, 0.25) is 0 Å². The molecule has 0 aromatic heterocycles. The smallest absolute Gasteiger partial charge is 0.411 e. The summed E-state index contributed by atoms with van der Waals surface area (Å²) in [6, 6.07) is -0.722. The Morgan fingerprint density at radius 3 is 2.38 bits per heavy atom. The minimum absolute atomic E-state index is 0. The Balaban J connectivity index is 0.00000225. The third-order valence-corrected chi connectivity index (χ3v) is 2.17. The van der Waals surface area contributed by atoms with E-state index in [0.29, 0.717) is 13.0 Å². The fraction of sp³-hybridized carbons (Fsp3) is 0.800. The summed E-state index contributed by atoms with van der Waals surface area (Å²) in [6.45, 7) is 5.75. The number of aliphatic carboxylic acids is 1. The van der Waals surface area contributed by atoms with Crippen LogP contribution in [0.5, 0.6) is 0 Å². The maximum Gasteiger partial charge on any atom is 0.411 e. The highest BCUT2D eigenvalue weighted by Gasteiger charge is 2.36. The van der Waals surface area contributed by atoms with Gasteiger partial charge in [0, 0.05) is 6.54 Å². The zero-order valence-electron chi connectivity index (χ0n) is 9.82. The molecular weight excluding hydrogens is 230 g/mol. The Morgan fingerprint density at radius 2 is 1.94 bits per heavy atom. The first kappa shape index (κ1) is 15.1. The average Bonchev–Trinajstić information content (AvgIpc) is 2.47. The SMILES string of the molecule is CC(C)(C)OC(=O)N1CCC[C@H]1C(=O)O.S. The van der Waals surface area contributed by atoms with Crippen LogP contribution in [0.2, 0.25) is 0 Å². The fourth-order valence-corrected chi connectivity index (χ4v) is 1.56. The monoisotopic (exact) mass is 249 g/mol. The zero-order valence-corrected chi connectivity index (χ0v) is 10.8. The van der Waals surface area contributed by atoms with Crippen LogP contribution in [-0.2, 0) is 9.53 Å². The van der Waals surface area contributed by atoms with Crippen LogP contribution in [0, 0.1) is 0 Å². The number of nitrogens with zero attached hydrogens (tertiary/aromatic N) is 1. The first-order valence-corrected chi connectivity index (χ1v) is 5.04. The number of carbonyl (C=O) groups excluding carboxylic acids is 1. The van der Waals surface area contributed by atoms with Gasteiger partial charge in [-0.2, -0.15) is 13.5 Å². The van der Waals surface area contributed by atoms with Crippen molar-refractivity contribution in [3.8, 4) is 0 Å². The number of amides is 1. The summed E-state index contributed by atoms with van der Waals surface area (Å²) >= 11 is 0. The van der Waals surface area contributed by atoms with E-state index in [1.54, 1.807) is 20.8 Å². The molecular formula is C10H19NO4S. The van der Waals surface area contributed by atoms with Crippen molar-refractivity contribution in [2.75, 3.05) is 6.54 Å². The fourth-order valence-electron chi connectivity index (χ4n) is 1.56. The number of hydrogen-bond acceptors (Lipinski definition) is 3. The number of carboxylic acids is 1. The summed E-state index contributed by atoms with van der Waals surface area (Å²) < 4.78 is 5.13. The minimum atomic E-state index is -0.960. The van der Waals surface area contributed by atoms with Crippen LogP contribution in [0.4, 0.5) is 4.79 Å². The van der Waals surface area contributed by atoms with Crippen molar-refractivity contribution in [1.82, 2.24) is 4.90 Å². The van der Waals surface area contributed by atoms with Gasteiger partial charge in [-0.15, -0.1) is 0 Å². The van der Waals surface area contributed by atoms with E-state index in [4.69, 9.17) is 9.84 Å². The number of likely N-dealkylation sites (tertiary alicyclic amines) is 1. The van der Waals surface area contributed by atoms with Crippen molar-refractivity contribution >= 4 is 25.6 Å². The van der Waals surface area contributed by atoms with Crippen molar-refractivity contribution in [1.29, 1.82) is 0 Å². The van der Waals surface area contributed by atoms with Gasteiger partial charge in [-0.05, 0) is 33.6 Å². The molecule has 0 unspecified atom stereocenters. The molecule has 1 rings (SSSR count). The van der Waals surface area contributed by atoms with Gasteiger partial charge < -0.3 is 9.84 Å². The predicted molar refractivity (Wildman–Crippen MR) is 64.0 cm³/mol. The molecule has 1 atom stereocenters. The van der Waals surface area contributed by atoms with Crippen LogP contribution in [-0.4, -0.2) is 40.3 Å². The second-order valence-corrected chi connectivity index (χ2v) is 4.67. The zero-order chi connectivity index (χ0) is 11.6. The molecule has 1 amide bonds. The quantitative estimate of drug-likeness (QED) is 0.766. The van der Waals surface area contributed by atoms with Crippen molar-refractivity contribution in [2.45, 2.75) is 45.3 Å². The molecule has 0 aliphatic carbocycles. The second-order valence-electron chi connectivity index (χ2n) is 4.67. The molecule has 1 N–H and O–H groups in total. The van der Waals surface area contributed by atoms with Gasteiger partial charge in [0.05, 0.1) is 0 Å². The van der Waals surface area contributed by atoms with Gasteiger partial charge in [-0.3, -0.25) is 4.90 Å². The van der Waals surface area contributed by atoms with E-state index in [0.717, 1.165) is 6.42 Å². The molecule has 1 fully saturated rings. The number of carbonyl (C=O) groups is 2. The normalized spacial score (nSPS) is 20.2. The molecule has 0 saturated carbocycles. The summed E-state index contributed by atoms with van der Waals surface area (Å²) in [5.74, 6) is -0.960. The maximum atomic E-state index is 11.6. The standard InChI is InChI=1S/C10H17NO4.H2S/c1-10(2,3)15-9(14)11-6-4-5-7(11)8(12)13;/h7H,4-6H2,1-3H3,(H,12,13);1H2/t7-;/m0./s1. The highest BCUT2D eigenvalue weighted by atomic mass is 32.1. The molecule has 1 aliphatic rings. The van der Waals surface area contributed by atoms with Gasteiger partial charge >= 0.3 is 12.1 Å². The molecule has 0 aromatic carbocycles. The van der Waals surface area contributed by atoms with Crippen molar-refractivity contribution in [2.24, 2.45) is 0 Å². The van der Waals surface area contributed by atoms with Crippen LogP contribution >= 0.6 is 13.5 Å². The number of ether oxygens (including phenoxy) is 1. The van der Waals surface area contributed by atoms with Crippen molar-refractivity contribution in [3.63, 3.8) is 0 Å². The molecule has 1 saturated heterocycles. The molecule has 0 bridgehead atoms. The second kappa shape index (κ2) is 5.43. The van der Waals surface area contributed by atoms with Crippen molar-refractivity contribution in [3.05, 3.63) is 0 Å². The lowest BCUT2D eigenvalue weighted by Gasteiger charge is -2.26. The third kappa shape index (κ3) is 3.92. The van der Waals surface area contributed by atoms with E-state index in [1.807, 2.05) is 0 Å².